The van der Waals surface area contributed by atoms with E-state index in [2.05, 4.69) is 26.1 Å². The molecule has 1 rings (SSSR count). The molecule has 4 nitrogen and oxygen atoms in total. The Morgan fingerprint density at radius 3 is 2.63 bits per heavy atom. The smallest absolute Gasteiger partial charge is 0.222 e. The van der Waals surface area contributed by atoms with E-state index >= 15 is 0 Å². The Balaban J connectivity index is 0.00000324. The van der Waals surface area contributed by atoms with E-state index in [-0.39, 0.29) is 24.4 Å². The monoisotopic (exact) mass is 292 g/mol. The predicted octanol–water partition coefficient (Wildman–Crippen LogP) is 2.10. The van der Waals surface area contributed by atoms with Gasteiger partial charge in [0.2, 0.25) is 5.91 Å². The van der Waals surface area contributed by atoms with Gasteiger partial charge in [-0.2, -0.15) is 0 Å². The fourth-order valence-electron chi connectivity index (χ4n) is 2.90. The lowest BCUT2D eigenvalue weighted by molar-refractivity contribution is -0.124. The van der Waals surface area contributed by atoms with Gasteiger partial charge < -0.3 is 15.8 Å². The predicted molar refractivity (Wildman–Crippen MR) is 80.4 cm³/mol. The lowest BCUT2D eigenvalue weighted by Crippen LogP contribution is -2.45. The minimum Gasteiger partial charge on any atom is -0.380 e. The van der Waals surface area contributed by atoms with E-state index in [4.69, 9.17) is 10.5 Å². The molecule has 0 aromatic carbocycles. The van der Waals surface area contributed by atoms with Crippen LogP contribution in [0.3, 0.4) is 0 Å². The lowest BCUT2D eigenvalue weighted by Gasteiger charge is -2.39. The SMILES string of the molecule is COC(CN)CC(=O)NC1CCC(C)(C)CC1C.Cl. The molecule has 0 aliphatic heterocycles. The number of rotatable bonds is 5. The standard InChI is InChI=1S/C14H28N2O2.ClH/c1-10-8-14(2,3)6-5-12(10)16-13(17)7-11(9-15)18-4;/h10-12H,5-9,15H2,1-4H3,(H,16,17);1H. The van der Waals surface area contributed by atoms with Crippen LogP contribution in [0.4, 0.5) is 0 Å². The Morgan fingerprint density at radius 1 is 1.53 bits per heavy atom. The third-order valence-corrected chi connectivity index (χ3v) is 4.05. The zero-order valence-electron chi connectivity index (χ0n) is 12.6. The third kappa shape index (κ3) is 6.11. The van der Waals surface area contributed by atoms with Crippen LogP contribution in [0.15, 0.2) is 0 Å². The van der Waals surface area contributed by atoms with Gasteiger partial charge in [0, 0.05) is 19.7 Å². The van der Waals surface area contributed by atoms with Gasteiger partial charge in [-0.1, -0.05) is 20.8 Å². The molecule has 3 N–H and O–H groups in total. The maximum Gasteiger partial charge on any atom is 0.222 e. The number of nitrogens with two attached hydrogens (primary N) is 1. The number of methoxy groups -OCH3 is 1. The lowest BCUT2D eigenvalue weighted by atomic mass is 9.70. The third-order valence-electron chi connectivity index (χ3n) is 4.05. The van der Waals surface area contributed by atoms with Crippen LogP contribution in [0.1, 0.15) is 46.5 Å². The number of carbonyl (C=O) groups is 1. The molecule has 0 heterocycles. The van der Waals surface area contributed by atoms with Crippen molar-refractivity contribution in [3.63, 3.8) is 0 Å². The van der Waals surface area contributed by atoms with Gasteiger partial charge in [-0.3, -0.25) is 4.79 Å². The van der Waals surface area contributed by atoms with Crippen LogP contribution in [-0.4, -0.2) is 31.7 Å². The number of ether oxygens (including phenoxy) is 1. The van der Waals surface area contributed by atoms with Crippen molar-refractivity contribution in [2.45, 2.75) is 58.6 Å². The van der Waals surface area contributed by atoms with Gasteiger partial charge in [0.05, 0.1) is 12.5 Å². The molecule has 1 aliphatic rings. The summed E-state index contributed by atoms with van der Waals surface area (Å²) in [5, 5.41) is 3.13. The van der Waals surface area contributed by atoms with E-state index in [0.29, 0.717) is 30.3 Å². The fraction of sp³-hybridized carbons (Fsp3) is 0.929. The van der Waals surface area contributed by atoms with Crippen LogP contribution >= 0.6 is 12.4 Å². The van der Waals surface area contributed by atoms with E-state index in [1.54, 1.807) is 7.11 Å². The maximum atomic E-state index is 11.9. The van der Waals surface area contributed by atoms with Crippen LogP contribution in [0.25, 0.3) is 0 Å². The number of amides is 1. The normalized spacial score (nSPS) is 27.2. The molecular formula is C14H29ClN2O2. The Bertz CT molecular complexity index is 281. The second-order valence-electron chi connectivity index (χ2n) is 6.36. The van der Waals surface area contributed by atoms with Crippen LogP contribution in [0.2, 0.25) is 0 Å². The molecule has 1 amide bonds. The van der Waals surface area contributed by atoms with Crippen molar-refractivity contribution in [3.05, 3.63) is 0 Å². The van der Waals surface area contributed by atoms with Crippen molar-refractivity contribution < 1.29 is 9.53 Å². The summed E-state index contributed by atoms with van der Waals surface area (Å²) in [7, 11) is 1.59. The first-order chi connectivity index (χ1) is 8.38. The molecule has 1 fully saturated rings. The summed E-state index contributed by atoms with van der Waals surface area (Å²) < 4.78 is 5.13. The van der Waals surface area contributed by atoms with Crippen LogP contribution in [0, 0.1) is 11.3 Å². The van der Waals surface area contributed by atoms with Gasteiger partial charge in [0.25, 0.3) is 0 Å². The van der Waals surface area contributed by atoms with Crippen molar-refractivity contribution >= 4 is 18.3 Å². The Hall–Kier alpha value is -0.320. The second-order valence-corrected chi connectivity index (χ2v) is 6.36. The van der Waals surface area contributed by atoms with Crippen molar-refractivity contribution in [2.24, 2.45) is 17.1 Å². The summed E-state index contributed by atoms with van der Waals surface area (Å²) >= 11 is 0. The average molecular weight is 293 g/mol. The van der Waals surface area contributed by atoms with Crippen LogP contribution in [-0.2, 0) is 9.53 Å². The Kier molecular flexibility index (Phi) is 7.94. The van der Waals surface area contributed by atoms with E-state index in [0.717, 1.165) is 6.42 Å². The highest BCUT2D eigenvalue weighted by Crippen LogP contribution is 2.38. The van der Waals surface area contributed by atoms with Crippen LogP contribution < -0.4 is 11.1 Å². The van der Waals surface area contributed by atoms with Gasteiger partial charge in [0.15, 0.2) is 0 Å². The molecule has 0 bridgehead atoms. The van der Waals surface area contributed by atoms with Gasteiger partial charge >= 0.3 is 0 Å². The zero-order valence-corrected chi connectivity index (χ0v) is 13.4. The van der Waals surface area contributed by atoms with E-state index in [1.807, 2.05) is 0 Å². The van der Waals surface area contributed by atoms with E-state index in [1.165, 1.54) is 12.8 Å². The number of nitrogens with one attached hydrogen (secondary N) is 1. The molecular weight excluding hydrogens is 264 g/mol. The van der Waals surface area contributed by atoms with Crippen molar-refractivity contribution in [3.8, 4) is 0 Å². The topological polar surface area (TPSA) is 64.3 Å². The molecule has 19 heavy (non-hydrogen) atoms. The van der Waals surface area contributed by atoms with Crippen molar-refractivity contribution in [2.75, 3.05) is 13.7 Å². The Labute approximate surface area is 123 Å². The Morgan fingerprint density at radius 2 is 2.16 bits per heavy atom. The maximum absolute atomic E-state index is 11.9. The number of carbonyl (C=O) groups excluding carboxylic acids is 1. The minimum absolute atomic E-state index is 0. The highest BCUT2D eigenvalue weighted by molar-refractivity contribution is 5.85. The zero-order chi connectivity index (χ0) is 13.8. The molecule has 0 aromatic rings. The van der Waals surface area contributed by atoms with Gasteiger partial charge in [-0.05, 0) is 30.6 Å². The first-order valence-electron chi connectivity index (χ1n) is 6.90. The van der Waals surface area contributed by atoms with E-state index in [9.17, 15) is 4.79 Å². The van der Waals surface area contributed by atoms with E-state index < -0.39 is 0 Å². The fourth-order valence-corrected chi connectivity index (χ4v) is 2.90. The van der Waals surface area contributed by atoms with Crippen LogP contribution in [0.5, 0.6) is 0 Å². The molecule has 1 aliphatic carbocycles. The molecule has 0 radical (unpaired) electrons. The largest absolute Gasteiger partial charge is 0.380 e. The second kappa shape index (κ2) is 8.08. The highest BCUT2D eigenvalue weighted by atomic mass is 35.5. The quantitative estimate of drug-likeness (QED) is 0.816. The summed E-state index contributed by atoms with van der Waals surface area (Å²) in [4.78, 5) is 11.9. The molecule has 3 unspecified atom stereocenters. The number of hydrogen-bond acceptors (Lipinski definition) is 3. The molecule has 5 heteroatoms. The molecule has 114 valence electrons. The number of hydrogen-bond donors (Lipinski definition) is 2. The summed E-state index contributed by atoms with van der Waals surface area (Å²) in [6.45, 7) is 7.22. The number of halogens is 1. The summed E-state index contributed by atoms with van der Waals surface area (Å²) in [6, 6.07) is 0.306. The first-order valence-corrected chi connectivity index (χ1v) is 6.90. The summed E-state index contributed by atoms with van der Waals surface area (Å²) in [5.74, 6) is 0.598. The first kappa shape index (κ1) is 18.7. The van der Waals surface area contributed by atoms with Gasteiger partial charge in [-0.15, -0.1) is 12.4 Å². The minimum atomic E-state index is -0.166. The molecule has 3 atom stereocenters. The molecule has 0 aromatic heterocycles. The van der Waals surface area contributed by atoms with Crippen molar-refractivity contribution in [1.29, 1.82) is 0 Å². The van der Waals surface area contributed by atoms with Gasteiger partial charge in [0.1, 0.15) is 0 Å². The summed E-state index contributed by atoms with van der Waals surface area (Å²) in [5.41, 5.74) is 5.93. The molecule has 0 saturated heterocycles. The average Bonchev–Trinajstić information content (AvgIpc) is 2.29. The highest BCUT2D eigenvalue weighted by Gasteiger charge is 2.33. The molecule has 0 spiro atoms. The van der Waals surface area contributed by atoms with Gasteiger partial charge in [-0.25, -0.2) is 0 Å². The molecule has 1 saturated carbocycles. The summed E-state index contributed by atoms with van der Waals surface area (Å²) in [6.07, 6.45) is 3.61. The van der Waals surface area contributed by atoms with Crippen molar-refractivity contribution in [1.82, 2.24) is 5.32 Å².